The van der Waals surface area contributed by atoms with Crippen LogP contribution in [0.15, 0.2) is 72.9 Å². The zero-order valence-electron chi connectivity index (χ0n) is 26.1. The van der Waals surface area contributed by atoms with Crippen LogP contribution in [0.25, 0.3) is 10.9 Å². The van der Waals surface area contributed by atoms with Gasteiger partial charge >= 0.3 is 6.18 Å². The Hall–Kier alpha value is -3.55. The Bertz CT molecular complexity index is 1680. The molecule has 1 saturated heterocycles. The molecule has 1 aliphatic heterocycles. The van der Waals surface area contributed by atoms with Gasteiger partial charge in [-0.15, -0.1) is 10.8 Å². The number of rotatable bonds is 11. The standard InChI is InChI=1S/C34H41F3N4O4S/c1-4-23-20-38-31-27(23)17-24(18-29(31)41-14-9-15-46(41,44)45)32(43)40-28(16-22-10-6-5-7-11-22)30(42)21-39-33(2,3)25-12-8-13-26(19-25)34(35,36)37/h5-8,10-13,17-20,28,30,38-39,42,44-45H,4,9,14-16,21H2,1-3H3,(H,40,43)/t28-,30+/m0/s1. The number of nitrogens with zero attached hydrogens (tertiary/aromatic N) is 1. The first kappa shape index (κ1) is 33.8. The number of carbonyl (C=O) groups excluding carboxylic acids is 1. The average Bonchev–Trinajstić information content (AvgIpc) is 3.61. The van der Waals surface area contributed by atoms with Gasteiger partial charge in [-0.3, -0.25) is 18.2 Å². The Morgan fingerprint density at radius 3 is 2.41 bits per heavy atom. The molecular formula is C34H41F3N4O4S. The molecule has 8 nitrogen and oxygen atoms in total. The minimum Gasteiger partial charge on any atom is -0.390 e. The van der Waals surface area contributed by atoms with Crippen molar-refractivity contribution < 1.29 is 32.2 Å². The molecule has 1 aliphatic rings. The molecule has 0 bridgehead atoms. The van der Waals surface area contributed by atoms with Gasteiger partial charge in [0.2, 0.25) is 0 Å². The highest BCUT2D eigenvalue weighted by atomic mass is 32.3. The fraction of sp³-hybridized carbons (Fsp3) is 0.382. The molecule has 6 N–H and O–H groups in total. The number of aliphatic hydroxyl groups excluding tert-OH is 1. The molecule has 2 heterocycles. The summed E-state index contributed by atoms with van der Waals surface area (Å²) in [5.74, 6) is -0.194. The number of carbonyl (C=O) groups is 1. The summed E-state index contributed by atoms with van der Waals surface area (Å²) in [6, 6.07) is 17.1. The van der Waals surface area contributed by atoms with E-state index in [9.17, 15) is 32.2 Å². The van der Waals surface area contributed by atoms with E-state index < -0.39 is 46.1 Å². The molecule has 5 rings (SSSR count). The van der Waals surface area contributed by atoms with Gasteiger partial charge in [-0.05, 0) is 74.1 Å². The van der Waals surface area contributed by atoms with Crippen LogP contribution in [0.4, 0.5) is 18.9 Å². The number of nitrogens with one attached hydrogen (secondary N) is 3. The minimum atomic E-state index is -4.48. The molecule has 0 aliphatic carbocycles. The number of H-pyrrole nitrogens is 1. The largest absolute Gasteiger partial charge is 0.416 e. The maximum Gasteiger partial charge on any atom is 0.416 e. The molecule has 248 valence electrons. The van der Waals surface area contributed by atoms with Gasteiger partial charge in [0.1, 0.15) is 0 Å². The normalized spacial score (nSPS) is 17.2. The number of hydrogen-bond donors (Lipinski definition) is 6. The highest BCUT2D eigenvalue weighted by Gasteiger charge is 2.34. The van der Waals surface area contributed by atoms with E-state index in [0.717, 1.165) is 34.2 Å². The lowest BCUT2D eigenvalue weighted by molar-refractivity contribution is -0.137. The predicted molar refractivity (Wildman–Crippen MR) is 177 cm³/mol. The summed E-state index contributed by atoms with van der Waals surface area (Å²) in [6.07, 6.45) is -2.13. The number of hydrogen-bond acceptors (Lipinski definition) is 6. The van der Waals surface area contributed by atoms with Crippen LogP contribution in [0, 0.1) is 0 Å². The number of amides is 1. The lowest BCUT2D eigenvalue weighted by Gasteiger charge is -2.38. The topological polar surface area (TPSA) is 121 Å². The lowest BCUT2D eigenvalue weighted by atomic mass is 9.92. The smallest absolute Gasteiger partial charge is 0.390 e. The number of halogens is 3. The van der Waals surface area contributed by atoms with Crippen molar-refractivity contribution in [3.63, 3.8) is 0 Å². The van der Waals surface area contributed by atoms with Crippen LogP contribution in [0.5, 0.6) is 0 Å². The Balaban J connectivity index is 1.41. The Kier molecular flexibility index (Phi) is 9.76. The fourth-order valence-corrected chi connectivity index (χ4v) is 7.53. The number of aromatic amines is 1. The van der Waals surface area contributed by atoms with Crippen LogP contribution in [-0.2, 0) is 24.6 Å². The van der Waals surface area contributed by atoms with Crippen LogP contribution in [0.1, 0.15) is 59.8 Å². The molecule has 0 saturated carbocycles. The van der Waals surface area contributed by atoms with Crippen molar-refractivity contribution >= 4 is 33.3 Å². The summed E-state index contributed by atoms with van der Waals surface area (Å²) >= 11 is 0. The van der Waals surface area contributed by atoms with Gasteiger partial charge in [0.25, 0.3) is 5.91 Å². The van der Waals surface area contributed by atoms with Gasteiger partial charge in [0.15, 0.2) is 0 Å². The fourth-order valence-electron chi connectivity index (χ4n) is 5.92. The SMILES string of the molecule is CCc1c[nH]c2c(N3CCCS3(O)O)cc(C(=O)N[C@@H](Cc3ccccc3)[C@H](O)CNC(C)(C)c3cccc(C(F)(F)F)c3)cc12. The van der Waals surface area contributed by atoms with E-state index in [-0.39, 0.29) is 12.3 Å². The van der Waals surface area contributed by atoms with Gasteiger partial charge < -0.3 is 20.7 Å². The second-order valence-electron chi connectivity index (χ2n) is 12.3. The summed E-state index contributed by atoms with van der Waals surface area (Å²) in [5.41, 5.74) is 2.14. The van der Waals surface area contributed by atoms with Crippen molar-refractivity contribution in [1.82, 2.24) is 15.6 Å². The van der Waals surface area contributed by atoms with E-state index in [0.29, 0.717) is 42.6 Å². The molecular weight excluding hydrogens is 617 g/mol. The van der Waals surface area contributed by atoms with E-state index in [4.69, 9.17) is 0 Å². The highest BCUT2D eigenvalue weighted by molar-refractivity contribution is 8.25. The van der Waals surface area contributed by atoms with Crippen molar-refractivity contribution in [2.45, 2.75) is 63.9 Å². The number of anilines is 1. The summed E-state index contributed by atoms with van der Waals surface area (Å²) < 4.78 is 63.2. The molecule has 0 radical (unpaired) electrons. The first-order valence-electron chi connectivity index (χ1n) is 15.3. The quantitative estimate of drug-likeness (QED) is 0.105. The van der Waals surface area contributed by atoms with Crippen molar-refractivity contribution in [2.24, 2.45) is 0 Å². The van der Waals surface area contributed by atoms with E-state index >= 15 is 0 Å². The zero-order chi connectivity index (χ0) is 33.3. The van der Waals surface area contributed by atoms with Crippen LogP contribution in [0.2, 0.25) is 0 Å². The molecule has 0 spiro atoms. The number of fused-ring (bicyclic) bond motifs is 1. The van der Waals surface area contributed by atoms with E-state index in [1.165, 1.54) is 6.07 Å². The lowest BCUT2D eigenvalue weighted by Crippen LogP contribution is -2.51. The Morgan fingerprint density at radius 1 is 1.04 bits per heavy atom. The third-order valence-corrected chi connectivity index (χ3v) is 10.6. The molecule has 0 unspecified atom stereocenters. The van der Waals surface area contributed by atoms with Crippen LogP contribution in [-0.4, -0.2) is 56.1 Å². The maximum atomic E-state index is 13.9. The van der Waals surface area contributed by atoms with E-state index in [2.05, 4.69) is 15.6 Å². The van der Waals surface area contributed by atoms with Gasteiger partial charge in [0.05, 0.1) is 34.7 Å². The first-order valence-corrected chi connectivity index (χ1v) is 17.0. The molecule has 4 aromatic rings. The molecule has 1 fully saturated rings. The van der Waals surface area contributed by atoms with Crippen LogP contribution in [0.3, 0.4) is 0 Å². The summed E-state index contributed by atoms with van der Waals surface area (Å²) in [7, 11) is -3.03. The Labute approximate surface area is 268 Å². The number of aromatic nitrogens is 1. The summed E-state index contributed by atoms with van der Waals surface area (Å²) in [4.78, 5) is 17.1. The molecule has 46 heavy (non-hydrogen) atoms. The first-order chi connectivity index (χ1) is 21.7. The van der Waals surface area contributed by atoms with E-state index in [1.807, 2.05) is 43.5 Å². The number of benzene rings is 3. The maximum absolute atomic E-state index is 13.9. The van der Waals surface area contributed by atoms with Crippen LogP contribution >= 0.6 is 10.8 Å². The third kappa shape index (κ3) is 7.37. The molecule has 3 aromatic carbocycles. The predicted octanol–water partition coefficient (Wildman–Crippen LogP) is 6.85. The average molecular weight is 659 g/mol. The van der Waals surface area contributed by atoms with Gasteiger partial charge in [-0.2, -0.15) is 13.2 Å². The number of aryl methyl sites for hydroxylation is 1. The van der Waals surface area contributed by atoms with Gasteiger partial charge in [-0.1, -0.05) is 49.4 Å². The summed E-state index contributed by atoms with van der Waals surface area (Å²) in [5, 5.41) is 18.4. The van der Waals surface area contributed by atoms with Gasteiger partial charge in [0, 0.05) is 35.8 Å². The zero-order valence-corrected chi connectivity index (χ0v) is 26.9. The van der Waals surface area contributed by atoms with E-state index in [1.54, 1.807) is 36.4 Å². The highest BCUT2D eigenvalue weighted by Crippen LogP contribution is 2.52. The number of alkyl halides is 3. The Morgan fingerprint density at radius 2 is 1.76 bits per heavy atom. The number of aliphatic hydroxyl groups is 1. The minimum absolute atomic E-state index is 0.0161. The van der Waals surface area contributed by atoms with Crippen molar-refractivity contribution in [3.8, 4) is 0 Å². The second kappa shape index (κ2) is 13.3. The van der Waals surface area contributed by atoms with Crippen molar-refractivity contribution in [3.05, 3.63) is 101 Å². The molecule has 1 aromatic heterocycles. The molecule has 12 heteroatoms. The third-order valence-electron chi connectivity index (χ3n) is 8.64. The molecule has 2 atom stereocenters. The van der Waals surface area contributed by atoms with Crippen LogP contribution < -0.4 is 14.9 Å². The second-order valence-corrected chi connectivity index (χ2v) is 14.4. The van der Waals surface area contributed by atoms with Crippen molar-refractivity contribution in [2.75, 3.05) is 23.1 Å². The van der Waals surface area contributed by atoms with Crippen molar-refractivity contribution in [1.29, 1.82) is 0 Å². The monoisotopic (exact) mass is 658 g/mol. The summed E-state index contributed by atoms with van der Waals surface area (Å²) in [6.45, 7) is 5.89. The molecule has 1 amide bonds. The van der Waals surface area contributed by atoms with Gasteiger partial charge in [-0.25, -0.2) is 0 Å².